The standard InChI is InChI=1S/C19H22N4O2/c1-23(2)17(13-8-10-14(25-3)11-9-13)12-20-19-21-16-7-5-4-6-15(16)18(24)22-19/h4-11,17H,12H2,1-3H3,(H2,20,21,22,24)/t17-/m1/s1. The van der Waals surface area contributed by atoms with Gasteiger partial charge in [0.15, 0.2) is 0 Å². The molecule has 0 saturated heterocycles. The lowest BCUT2D eigenvalue weighted by molar-refractivity contribution is 0.311. The summed E-state index contributed by atoms with van der Waals surface area (Å²) in [5.74, 6) is 1.30. The molecule has 2 N–H and O–H groups in total. The molecule has 3 rings (SSSR count). The van der Waals surface area contributed by atoms with E-state index in [2.05, 4.69) is 20.2 Å². The Morgan fingerprint density at radius 2 is 1.88 bits per heavy atom. The maximum atomic E-state index is 12.2. The van der Waals surface area contributed by atoms with Crippen LogP contribution in [0.25, 0.3) is 10.9 Å². The number of likely N-dealkylation sites (N-methyl/N-ethyl adjacent to an activating group) is 1. The smallest absolute Gasteiger partial charge is 0.260 e. The number of hydrogen-bond acceptors (Lipinski definition) is 5. The Morgan fingerprint density at radius 1 is 1.16 bits per heavy atom. The Hall–Kier alpha value is -2.86. The lowest BCUT2D eigenvalue weighted by atomic mass is 10.1. The van der Waals surface area contributed by atoms with Gasteiger partial charge in [0.1, 0.15) is 5.75 Å². The van der Waals surface area contributed by atoms with Crippen molar-refractivity contribution in [1.29, 1.82) is 0 Å². The van der Waals surface area contributed by atoms with E-state index < -0.39 is 0 Å². The molecule has 1 aromatic heterocycles. The molecule has 0 radical (unpaired) electrons. The predicted octanol–water partition coefficient (Wildman–Crippen LogP) is 2.65. The van der Waals surface area contributed by atoms with Crippen molar-refractivity contribution in [1.82, 2.24) is 14.9 Å². The number of anilines is 1. The van der Waals surface area contributed by atoms with Crippen molar-refractivity contribution < 1.29 is 4.74 Å². The second-order valence-electron chi connectivity index (χ2n) is 6.07. The Bertz CT molecular complexity index is 903. The van der Waals surface area contributed by atoms with E-state index in [1.165, 1.54) is 0 Å². The summed E-state index contributed by atoms with van der Waals surface area (Å²) in [6.07, 6.45) is 0. The summed E-state index contributed by atoms with van der Waals surface area (Å²) < 4.78 is 5.21. The first-order chi connectivity index (χ1) is 12.1. The van der Waals surface area contributed by atoms with Gasteiger partial charge < -0.3 is 15.0 Å². The zero-order valence-corrected chi connectivity index (χ0v) is 14.6. The number of aromatic amines is 1. The number of fused-ring (bicyclic) bond motifs is 1. The number of aromatic nitrogens is 2. The average Bonchev–Trinajstić information content (AvgIpc) is 2.62. The van der Waals surface area contributed by atoms with Crippen LogP contribution in [0.2, 0.25) is 0 Å². The van der Waals surface area contributed by atoms with Gasteiger partial charge in [0.2, 0.25) is 5.95 Å². The molecule has 0 spiro atoms. The Kier molecular flexibility index (Phi) is 5.00. The van der Waals surface area contributed by atoms with Crippen molar-refractivity contribution in [3.05, 3.63) is 64.4 Å². The minimum Gasteiger partial charge on any atom is -0.497 e. The fraction of sp³-hybridized carbons (Fsp3) is 0.263. The summed E-state index contributed by atoms with van der Waals surface area (Å²) in [6.45, 7) is 0.612. The summed E-state index contributed by atoms with van der Waals surface area (Å²) in [5, 5.41) is 3.84. The van der Waals surface area contributed by atoms with E-state index in [4.69, 9.17) is 4.74 Å². The summed E-state index contributed by atoms with van der Waals surface area (Å²) in [4.78, 5) is 21.6. The van der Waals surface area contributed by atoms with Gasteiger partial charge in [-0.15, -0.1) is 0 Å². The van der Waals surface area contributed by atoms with Crippen LogP contribution in [0.1, 0.15) is 11.6 Å². The van der Waals surface area contributed by atoms with Crippen molar-refractivity contribution in [3.63, 3.8) is 0 Å². The quantitative estimate of drug-likeness (QED) is 0.723. The second kappa shape index (κ2) is 7.36. The lowest BCUT2D eigenvalue weighted by Crippen LogP contribution is -2.28. The molecular weight excluding hydrogens is 316 g/mol. The first-order valence-corrected chi connectivity index (χ1v) is 8.12. The van der Waals surface area contributed by atoms with Crippen LogP contribution in [0, 0.1) is 0 Å². The Labute approximate surface area is 146 Å². The number of H-pyrrole nitrogens is 1. The van der Waals surface area contributed by atoms with Gasteiger partial charge in [0.05, 0.1) is 24.1 Å². The highest BCUT2D eigenvalue weighted by molar-refractivity contribution is 5.78. The highest BCUT2D eigenvalue weighted by Crippen LogP contribution is 2.21. The molecule has 6 nitrogen and oxygen atoms in total. The monoisotopic (exact) mass is 338 g/mol. The Balaban J connectivity index is 1.80. The number of para-hydroxylation sites is 1. The molecule has 6 heteroatoms. The Morgan fingerprint density at radius 3 is 2.56 bits per heavy atom. The van der Waals surface area contributed by atoms with Gasteiger partial charge >= 0.3 is 0 Å². The molecule has 0 amide bonds. The van der Waals surface area contributed by atoms with Gasteiger partial charge in [-0.05, 0) is 43.9 Å². The van der Waals surface area contributed by atoms with Crippen LogP contribution in [0.3, 0.4) is 0 Å². The number of ether oxygens (including phenoxy) is 1. The fourth-order valence-corrected chi connectivity index (χ4v) is 2.79. The third-order valence-electron chi connectivity index (χ3n) is 4.20. The normalized spacial score (nSPS) is 12.3. The maximum Gasteiger partial charge on any atom is 0.260 e. The molecule has 130 valence electrons. The number of nitrogens with one attached hydrogen (secondary N) is 2. The zero-order valence-electron chi connectivity index (χ0n) is 14.6. The number of benzene rings is 2. The summed E-state index contributed by atoms with van der Waals surface area (Å²) in [7, 11) is 5.70. The van der Waals surface area contributed by atoms with Crippen molar-refractivity contribution in [3.8, 4) is 5.75 Å². The number of methoxy groups -OCH3 is 1. The third-order valence-corrected chi connectivity index (χ3v) is 4.20. The minimum absolute atomic E-state index is 0.127. The van der Waals surface area contributed by atoms with Gasteiger partial charge in [0.25, 0.3) is 5.56 Å². The summed E-state index contributed by atoms with van der Waals surface area (Å²) in [5.41, 5.74) is 1.69. The number of nitrogens with zero attached hydrogens (tertiary/aromatic N) is 2. The van der Waals surface area contributed by atoms with Crippen LogP contribution in [0.5, 0.6) is 5.75 Å². The molecule has 0 unspecified atom stereocenters. The van der Waals surface area contributed by atoms with Gasteiger partial charge in [0, 0.05) is 6.54 Å². The van der Waals surface area contributed by atoms with Crippen LogP contribution in [-0.4, -0.2) is 42.6 Å². The van der Waals surface area contributed by atoms with Crippen LogP contribution < -0.4 is 15.6 Å². The summed E-state index contributed by atoms with van der Waals surface area (Å²) >= 11 is 0. The SMILES string of the molecule is COc1ccc([C@@H](CNc2nc3ccccc3c(=O)[nH]2)N(C)C)cc1. The molecule has 0 fully saturated rings. The third kappa shape index (κ3) is 3.80. The number of hydrogen-bond donors (Lipinski definition) is 2. The van der Waals surface area contributed by atoms with Gasteiger partial charge in [-0.25, -0.2) is 4.98 Å². The first-order valence-electron chi connectivity index (χ1n) is 8.12. The van der Waals surface area contributed by atoms with Crippen molar-refractivity contribution >= 4 is 16.9 Å². The van der Waals surface area contributed by atoms with Crippen molar-refractivity contribution in [2.24, 2.45) is 0 Å². The topological polar surface area (TPSA) is 70.2 Å². The van der Waals surface area contributed by atoms with E-state index in [1.54, 1.807) is 13.2 Å². The van der Waals surface area contributed by atoms with Crippen LogP contribution in [-0.2, 0) is 0 Å². The molecule has 0 bridgehead atoms. The molecule has 0 aliphatic carbocycles. The van der Waals surface area contributed by atoms with Crippen LogP contribution in [0.15, 0.2) is 53.3 Å². The number of rotatable bonds is 6. The van der Waals surface area contributed by atoms with Gasteiger partial charge in [-0.1, -0.05) is 24.3 Å². The van der Waals surface area contributed by atoms with E-state index in [-0.39, 0.29) is 11.6 Å². The largest absolute Gasteiger partial charge is 0.497 e. The molecule has 0 aliphatic heterocycles. The molecule has 1 heterocycles. The lowest BCUT2D eigenvalue weighted by Gasteiger charge is -2.25. The average molecular weight is 338 g/mol. The molecule has 0 saturated carbocycles. The van der Waals surface area contributed by atoms with Crippen molar-refractivity contribution in [2.75, 3.05) is 33.1 Å². The molecule has 1 atom stereocenters. The molecule has 25 heavy (non-hydrogen) atoms. The summed E-state index contributed by atoms with van der Waals surface area (Å²) in [6, 6.07) is 15.4. The fourth-order valence-electron chi connectivity index (χ4n) is 2.79. The molecular formula is C19H22N4O2. The molecule has 3 aromatic rings. The van der Waals surface area contributed by atoms with E-state index in [0.717, 1.165) is 11.3 Å². The van der Waals surface area contributed by atoms with Crippen LogP contribution in [0.4, 0.5) is 5.95 Å². The van der Waals surface area contributed by atoms with Gasteiger partial charge in [-0.2, -0.15) is 0 Å². The van der Waals surface area contributed by atoms with Crippen LogP contribution >= 0.6 is 0 Å². The van der Waals surface area contributed by atoms with E-state index in [9.17, 15) is 4.79 Å². The van der Waals surface area contributed by atoms with Crippen molar-refractivity contribution in [2.45, 2.75) is 6.04 Å². The van der Waals surface area contributed by atoms with Gasteiger partial charge in [-0.3, -0.25) is 9.78 Å². The predicted molar refractivity (Wildman–Crippen MR) is 100 cm³/mol. The minimum atomic E-state index is -0.140. The second-order valence-corrected chi connectivity index (χ2v) is 6.07. The molecule has 2 aromatic carbocycles. The molecule has 0 aliphatic rings. The van der Waals surface area contributed by atoms with E-state index in [1.807, 2.05) is 56.6 Å². The van der Waals surface area contributed by atoms with E-state index in [0.29, 0.717) is 23.4 Å². The maximum absolute atomic E-state index is 12.2. The highest BCUT2D eigenvalue weighted by Gasteiger charge is 2.15. The highest BCUT2D eigenvalue weighted by atomic mass is 16.5. The zero-order chi connectivity index (χ0) is 17.8. The van der Waals surface area contributed by atoms with E-state index >= 15 is 0 Å². The first kappa shape index (κ1) is 17.0.